The maximum Gasteiger partial charge on any atom is 0.234 e. The van der Waals surface area contributed by atoms with E-state index in [2.05, 4.69) is 37.2 Å². The lowest BCUT2D eigenvalue weighted by Crippen LogP contribution is -2.26. The summed E-state index contributed by atoms with van der Waals surface area (Å²) in [6.07, 6.45) is 3.03. The molecular formula is C11H12Br2N2O. The van der Waals surface area contributed by atoms with E-state index in [0.717, 1.165) is 41.4 Å². The summed E-state index contributed by atoms with van der Waals surface area (Å²) < 4.78 is 3.79. The van der Waals surface area contributed by atoms with Gasteiger partial charge in [-0.25, -0.2) is 0 Å². The Bertz CT molecular complexity index is 463. The SMILES string of the molecule is O=C(C1CC1)n1c(Br)c(Br)c2c1CCNC2. The topological polar surface area (TPSA) is 34.0 Å². The van der Waals surface area contributed by atoms with Gasteiger partial charge < -0.3 is 5.32 Å². The number of halogens is 2. The van der Waals surface area contributed by atoms with Crippen molar-refractivity contribution < 1.29 is 4.79 Å². The molecule has 16 heavy (non-hydrogen) atoms. The largest absolute Gasteiger partial charge is 0.312 e. The van der Waals surface area contributed by atoms with E-state index in [9.17, 15) is 4.79 Å². The number of hydrogen-bond donors (Lipinski definition) is 1. The molecule has 0 unspecified atom stereocenters. The molecular weight excluding hydrogens is 336 g/mol. The molecule has 5 heteroatoms. The van der Waals surface area contributed by atoms with Gasteiger partial charge in [0.1, 0.15) is 4.60 Å². The summed E-state index contributed by atoms with van der Waals surface area (Å²) in [5, 5.41) is 3.33. The van der Waals surface area contributed by atoms with Crippen LogP contribution in [0, 0.1) is 5.92 Å². The molecule has 0 radical (unpaired) electrons. The highest BCUT2D eigenvalue weighted by Gasteiger charge is 2.35. The predicted octanol–water partition coefficient (Wildman–Crippen LogP) is 2.71. The molecule has 86 valence electrons. The monoisotopic (exact) mass is 346 g/mol. The molecule has 1 fully saturated rings. The molecule has 0 atom stereocenters. The highest BCUT2D eigenvalue weighted by molar-refractivity contribution is 9.13. The zero-order valence-electron chi connectivity index (χ0n) is 8.72. The zero-order chi connectivity index (χ0) is 11.3. The normalized spacial score (nSPS) is 19.6. The first-order valence-electron chi connectivity index (χ1n) is 5.52. The fourth-order valence-corrected chi connectivity index (χ4v) is 3.38. The minimum Gasteiger partial charge on any atom is -0.312 e. The first kappa shape index (κ1) is 11.0. The number of carbonyl (C=O) groups is 1. The highest BCUT2D eigenvalue weighted by Crippen LogP contribution is 2.38. The van der Waals surface area contributed by atoms with Gasteiger partial charge >= 0.3 is 0 Å². The molecule has 0 aromatic carbocycles. The fourth-order valence-electron chi connectivity index (χ4n) is 2.21. The van der Waals surface area contributed by atoms with Crippen LogP contribution in [0.3, 0.4) is 0 Å². The minimum atomic E-state index is 0.259. The van der Waals surface area contributed by atoms with Gasteiger partial charge in [-0.15, -0.1) is 0 Å². The molecule has 0 bridgehead atoms. The van der Waals surface area contributed by atoms with E-state index in [1.807, 2.05) is 4.57 Å². The van der Waals surface area contributed by atoms with Crippen molar-refractivity contribution in [3.05, 3.63) is 20.3 Å². The molecule has 0 saturated heterocycles. The summed E-state index contributed by atoms with van der Waals surface area (Å²) >= 11 is 7.09. The zero-order valence-corrected chi connectivity index (χ0v) is 11.9. The number of rotatable bonds is 1. The second-order valence-corrected chi connectivity index (χ2v) is 5.95. The predicted molar refractivity (Wildman–Crippen MR) is 68.6 cm³/mol. The van der Waals surface area contributed by atoms with Crippen molar-refractivity contribution in [3.8, 4) is 0 Å². The molecule has 1 saturated carbocycles. The molecule has 1 aliphatic heterocycles. The number of nitrogens with zero attached hydrogens (tertiary/aromatic N) is 1. The third kappa shape index (κ3) is 1.60. The molecule has 1 aromatic rings. The van der Waals surface area contributed by atoms with Crippen molar-refractivity contribution >= 4 is 37.8 Å². The first-order chi connectivity index (χ1) is 7.70. The van der Waals surface area contributed by atoms with Crippen molar-refractivity contribution in [2.24, 2.45) is 5.92 Å². The molecule has 3 nitrogen and oxygen atoms in total. The van der Waals surface area contributed by atoms with Crippen molar-refractivity contribution in [2.75, 3.05) is 6.54 Å². The summed E-state index contributed by atoms with van der Waals surface area (Å²) in [7, 11) is 0. The van der Waals surface area contributed by atoms with E-state index in [4.69, 9.17) is 0 Å². The van der Waals surface area contributed by atoms with Crippen LogP contribution in [-0.4, -0.2) is 17.0 Å². The Morgan fingerprint density at radius 3 is 2.81 bits per heavy atom. The maximum atomic E-state index is 12.2. The summed E-state index contributed by atoms with van der Waals surface area (Å²) in [5.74, 6) is 0.519. The lowest BCUT2D eigenvalue weighted by molar-refractivity contribution is 0.0880. The smallest absolute Gasteiger partial charge is 0.234 e. The number of hydrogen-bond acceptors (Lipinski definition) is 2. The molecule has 1 N–H and O–H groups in total. The van der Waals surface area contributed by atoms with Crippen molar-refractivity contribution in [1.29, 1.82) is 0 Å². The van der Waals surface area contributed by atoms with Crippen LogP contribution < -0.4 is 5.32 Å². The van der Waals surface area contributed by atoms with Crippen molar-refractivity contribution in [1.82, 2.24) is 9.88 Å². The van der Waals surface area contributed by atoms with Crippen LogP contribution in [0.4, 0.5) is 0 Å². The van der Waals surface area contributed by atoms with Gasteiger partial charge in [-0.3, -0.25) is 9.36 Å². The van der Waals surface area contributed by atoms with E-state index < -0.39 is 0 Å². The van der Waals surface area contributed by atoms with E-state index in [0.29, 0.717) is 0 Å². The van der Waals surface area contributed by atoms with Crippen LogP contribution in [0.25, 0.3) is 0 Å². The quantitative estimate of drug-likeness (QED) is 0.847. The molecule has 0 spiro atoms. The first-order valence-corrected chi connectivity index (χ1v) is 7.11. The minimum absolute atomic E-state index is 0.259. The summed E-state index contributed by atoms with van der Waals surface area (Å²) in [6, 6.07) is 0. The molecule has 3 rings (SSSR count). The lowest BCUT2D eigenvalue weighted by Gasteiger charge is -2.16. The number of carbonyl (C=O) groups excluding carboxylic acids is 1. The van der Waals surface area contributed by atoms with E-state index in [1.54, 1.807) is 0 Å². The molecule has 2 aliphatic rings. The molecule has 2 heterocycles. The van der Waals surface area contributed by atoms with Gasteiger partial charge in [-0.2, -0.15) is 0 Å². The lowest BCUT2D eigenvalue weighted by atomic mass is 10.1. The van der Waals surface area contributed by atoms with Crippen LogP contribution in [0.5, 0.6) is 0 Å². The van der Waals surface area contributed by atoms with Crippen LogP contribution in [0.2, 0.25) is 0 Å². The van der Waals surface area contributed by atoms with Gasteiger partial charge in [0.25, 0.3) is 0 Å². The maximum absolute atomic E-state index is 12.2. The molecule has 0 amide bonds. The third-order valence-electron chi connectivity index (χ3n) is 3.25. The van der Waals surface area contributed by atoms with E-state index in [1.165, 1.54) is 11.3 Å². The van der Waals surface area contributed by atoms with Gasteiger partial charge in [0.2, 0.25) is 5.91 Å². The standard InChI is InChI=1S/C11H12Br2N2O/c12-9-7-5-14-4-3-8(7)15(10(9)13)11(16)6-1-2-6/h6,14H,1-5H2. The van der Waals surface area contributed by atoms with Gasteiger partial charge in [-0.05, 0) is 44.7 Å². The van der Waals surface area contributed by atoms with Crippen LogP contribution in [-0.2, 0) is 13.0 Å². The van der Waals surface area contributed by atoms with Crippen LogP contribution >= 0.6 is 31.9 Å². The average Bonchev–Trinajstić information content (AvgIpc) is 3.09. The Morgan fingerprint density at radius 2 is 2.12 bits per heavy atom. The number of nitrogens with one attached hydrogen (secondary N) is 1. The molecule has 1 aliphatic carbocycles. The Balaban J connectivity index is 2.12. The third-order valence-corrected chi connectivity index (χ3v) is 5.39. The van der Waals surface area contributed by atoms with Gasteiger partial charge in [0, 0.05) is 36.7 Å². The van der Waals surface area contributed by atoms with Crippen molar-refractivity contribution in [2.45, 2.75) is 25.8 Å². The highest BCUT2D eigenvalue weighted by atomic mass is 79.9. The number of fused-ring (bicyclic) bond motifs is 1. The Morgan fingerprint density at radius 1 is 1.38 bits per heavy atom. The second-order valence-electron chi connectivity index (χ2n) is 4.40. The average molecular weight is 348 g/mol. The van der Waals surface area contributed by atoms with Gasteiger partial charge in [0.15, 0.2) is 0 Å². The summed E-state index contributed by atoms with van der Waals surface area (Å²) in [6.45, 7) is 1.80. The van der Waals surface area contributed by atoms with Crippen LogP contribution in [0.1, 0.15) is 28.9 Å². The Kier molecular flexibility index (Phi) is 2.72. The van der Waals surface area contributed by atoms with Gasteiger partial charge in [-0.1, -0.05) is 0 Å². The Hall–Kier alpha value is -0.130. The summed E-state index contributed by atoms with van der Waals surface area (Å²) in [5.41, 5.74) is 2.40. The van der Waals surface area contributed by atoms with Crippen LogP contribution in [0.15, 0.2) is 9.08 Å². The van der Waals surface area contributed by atoms with Gasteiger partial charge in [0.05, 0.1) is 4.47 Å². The summed E-state index contributed by atoms with van der Waals surface area (Å²) in [4.78, 5) is 12.2. The Labute approximate surface area is 111 Å². The number of aromatic nitrogens is 1. The second kappa shape index (κ2) is 3.96. The van der Waals surface area contributed by atoms with E-state index >= 15 is 0 Å². The fraction of sp³-hybridized carbons (Fsp3) is 0.545. The molecule has 1 aromatic heterocycles. The van der Waals surface area contributed by atoms with E-state index in [-0.39, 0.29) is 11.8 Å². The van der Waals surface area contributed by atoms with Crippen molar-refractivity contribution in [3.63, 3.8) is 0 Å².